The van der Waals surface area contributed by atoms with Crippen LogP contribution in [0.1, 0.15) is 21.7 Å². The fraction of sp³-hybridized carbons (Fsp3) is 0.154. The van der Waals surface area contributed by atoms with Crippen LogP contribution in [0.4, 0.5) is 11.6 Å². The third kappa shape index (κ3) is 2.98. The van der Waals surface area contributed by atoms with Crippen LogP contribution in [0, 0.1) is 13.8 Å². The molecule has 0 aliphatic carbocycles. The molecule has 0 saturated carbocycles. The van der Waals surface area contributed by atoms with E-state index in [9.17, 15) is 9.90 Å². The molecule has 19 heavy (non-hydrogen) atoms. The number of aromatic nitrogens is 2. The Labute approximate surface area is 109 Å². The maximum Gasteiger partial charge on any atom is 0.339 e. The molecule has 0 bridgehead atoms. The van der Waals surface area contributed by atoms with Crippen molar-refractivity contribution in [3.8, 4) is 5.75 Å². The van der Waals surface area contributed by atoms with Crippen LogP contribution in [0.2, 0.25) is 0 Å². The van der Waals surface area contributed by atoms with Crippen molar-refractivity contribution in [1.82, 2.24) is 9.97 Å². The van der Waals surface area contributed by atoms with E-state index in [0.717, 1.165) is 11.4 Å². The summed E-state index contributed by atoms with van der Waals surface area (Å²) >= 11 is 0. The molecular weight excluding hydrogens is 246 g/mol. The number of nitrogens with zero attached hydrogens (tertiary/aromatic N) is 2. The zero-order valence-electron chi connectivity index (χ0n) is 10.5. The lowest BCUT2D eigenvalue weighted by atomic mass is 10.2. The summed E-state index contributed by atoms with van der Waals surface area (Å²) in [6.45, 7) is 3.70. The number of hydrogen-bond donors (Lipinski definition) is 3. The molecule has 3 N–H and O–H groups in total. The number of aromatic carboxylic acids is 1. The van der Waals surface area contributed by atoms with E-state index in [0.29, 0.717) is 11.6 Å². The van der Waals surface area contributed by atoms with Crippen LogP contribution in [0.3, 0.4) is 0 Å². The summed E-state index contributed by atoms with van der Waals surface area (Å²) in [6.07, 6.45) is 0. The molecule has 6 heteroatoms. The van der Waals surface area contributed by atoms with Crippen molar-refractivity contribution in [1.29, 1.82) is 0 Å². The van der Waals surface area contributed by atoms with Crippen LogP contribution in [0.15, 0.2) is 24.3 Å². The Hall–Kier alpha value is -2.63. The van der Waals surface area contributed by atoms with E-state index < -0.39 is 5.97 Å². The highest BCUT2D eigenvalue weighted by Gasteiger charge is 2.10. The smallest absolute Gasteiger partial charge is 0.339 e. The second-order valence-corrected chi connectivity index (χ2v) is 4.14. The van der Waals surface area contributed by atoms with Crippen LogP contribution in [0.25, 0.3) is 0 Å². The number of nitrogens with one attached hydrogen (secondary N) is 1. The molecule has 1 aromatic heterocycles. The molecule has 2 rings (SSSR count). The monoisotopic (exact) mass is 259 g/mol. The number of benzene rings is 1. The van der Waals surface area contributed by atoms with Gasteiger partial charge in [0.15, 0.2) is 0 Å². The third-order valence-electron chi connectivity index (χ3n) is 2.47. The quantitative estimate of drug-likeness (QED) is 0.782. The van der Waals surface area contributed by atoms with Gasteiger partial charge in [0, 0.05) is 23.1 Å². The lowest BCUT2D eigenvalue weighted by molar-refractivity contribution is 0.0694. The van der Waals surface area contributed by atoms with Crippen LogP contribution in [-0.4, -0.2) is 26.2 Å². The van der Waals surface area contributed by atoms with Crippen LogP contribution in [0.5, 0.6) is 5.75 Å². The molecule has 0 atom stereocenters. The van der Waals surface area contributed by atoms with Gasteiger partial charge in [0.1, 0.15) is 11.3 Å². The number of aromatic hydroxyl groups is 1. The Morgan fingerprint density at radius 3 is 2.32 bits per heavy atom. The number of hydrogen-bond acceptors (Lipinski definition) is 5. The summed E-state index contributed by atoms with van der Waals surface area (Å²) < 4.78 is 0. The van der Waals surface area contributed by atoms with E-state index in [-0.39, 0.29) is 11.3 Å². The van der Waals surface area contributed by atoms with Crippen LogP contribution >= 0.6 is 0 Å². The van der Waals surface area contributed by atoms with E-state index >= 15 is 0 Å². The Balaban J connectivity index is 2.28. The molecule has 0 amide bonds. The number of carboxylic acid groups (broad SMARTS) is 1. The Bertz CT molecular complexity index is 621. The van der Waals surface area contributed by atoms with Gasteiger partial charge in [-0.05, 0) is 32.0 Å². The lowest BCUT2D eigenvalue weighted by Crippen LogP contribution is -2.01. The predicted octanol–water partition coefficient (Wildman–Crippen LogP) is 2.24. The highest BCUT2D eigenvalue weighted by Crippen LogP contribution is 2.23. The number of aryl methyl sites for hydroxylation is 2. The molecule has 0 aliphatic heterocycles. The van der Waals surface area contributed by atoms with Crippen molar-refractivity contribution in [2.24, 2.45) is 0 Å². The second kappa shape index (κ2) is 4.93. The van der Waals surface area contributed by atoms with Gasteiger partial charge in [-0.1, -0.05) is 0 Å². The Kier molecular flexibility index (Phi) is 3.33. The second-order valence-electron chi connectivity index (χ2n) is 4.14. The zero-order valence-corrected chi connectivity index (χ0v) is 10.5. The van der Waals surface area contributed by atoms with Crippen LogP contribution < -0.4 is 5.32 Å². The first-order valence-electron chi connectivity index (χ1n) is 5.61. The van der Waals surface area contributed by atoms with E-state index in [1.807, 2.05) is 19.9 Å². The van der Waals surface area contributed by atoms with Gasteiger partial charge in [0.25, 0.3) is 0 Å². The molecule has 98 valence electrons. The van der Waals surface area contributed by atoms with Gasteiger partial charge in [-0.2, -0.15) is 0 Å². The first-order valence-corrected chi connectivity index (χ1v) is 5.61. The number of carbonyl (C=O) groups is 1. The summed E-state index contributed by atoms with van der Waals surface area (Å²) in [5, 5.41) is 21.3. The average molecular weight is 259 g/mol. The van der Waals surface area contributed by atoms with Crippen molar-refractivity contribution in [3.05, 3.63) is 41.2 Å². The molecule has 0 radical (unpaired) electrons. The maximum absolute atomic E-state index is 10.8. The van der Waals surface area contributed by atoms with Gasteiger partial charge in [0.05, 0.1) is 0 Å². The molecule has 6 nitrogen and oxygen atoms in total. The van der Waals surface area contributed by atoms with Crippen molar-refractivity contribution < 1.29 is 15.0 Å². The fourth-order valence-electron chi connectivity index (χ4n) is 1.70. The highest BCUT2D eigenvalue weighted by molar-refractivity contribution is 5.91. The van der Waals surface area contributed by atoms with E-state index in [4.69, 9.17) is 5.11 Å². The molecule has 2 aromatic rings. The molecule has 0 unspecified atom stereocenters. The van der Waals surface area contributed by atoms with Crippen molar-refractivity contribution in [2.75, 3.05) is 5.32 Å². The number of phenols is 1. The van der Waals surface area contributed by atoms with Gasteiger partial charge in [-0.25, -0.2) is 14.8 Å². The average Bonchev–Trinajstić information content (AvgIpc) is 2.26. The minimum atomic E-state index is -1.17. The lowest BCUT2D eigenvalue weighted by Gasteiger charge is -2.08. The van der Waals surface area contributed by atoms with Gasteiger partial charge in [-0.15, -0.1) is 0 Å². The maximum atomic E-state index is 10.8. The normalized spacial score (nSPS) is 10.2. The van der Waals surface area contributed by atoms with Crippen molar-refractivity contribution >= 4 is 17.6 Å². The molecule has 0 spiro atoms. The standard InChI is InChI=1S/C13H13N3O3/c1-7-5-8(2)15-13(14-7)16-9-3-4-10(12(18)19)11(17)6-9/h3-6,17H,1-2H3,(H,18,19)(H,14,15,16). The summed E-state index contributed by atoms with van der Waals surface area (Å²) in [7, 11) is 0. The first-order chi connectivity index (χ1) is 8.95. The van der Waals surface area contributed by atoms with Crippen LogP contribution in [-0.2, 0) is 0 Å². The number of rotatable bonds is 3. The van der Waals surface area contributed by atoms with Crippen molar-refractivity contribution in [3.63, 3.8) is 0 Å². The summed E-state index contributed by atoms with van der Waals surface area (Å²) in [5.74, 6) is -1.08. The molecule has 1 aromatic carbocycles. The fourth-order valence-corrected chi connectivity index (χ4v) is 1.70. The Morgan fingerprint density at radius 1 is 1.16 bits per heavy atom. The van der Waals surface area contributed by atoms with Crippen molar-refractivity contribution in [2.45, 2.75) is 13.8 Å². The molecule has 1 heterocycles. The molecule has 0 saturated heterocycles. The largest absolute Gasteiger partial charge is 0.507 e. The summed E-state index contributed by atoms with van der Waals surface area (Å²) in [5.41, 5.74) is 2.02. The minimum Gasteiger partial charge on any atom is -0.507 e. The zero-order chi connectivity index (χ0) is 14.0. The van der Waals surface area contributed by atoms with E-state index in [1.165, 1.54) is 12.1 Å². The summed E-state index contributed by atoms with van der Waals surface area (Å²) in [4.78, 5) is 19.2. The van der Waals surface area contributed by atoms with Gasteiger partial charge in [-0.3, -0.25) is 0 Å². The predicted molar refractivity (Wildman–Crippen MR) is 69.9 cm³/mol. The topological polar surface area (TPSA) is 95.3 Å². The number of carboxylic acids is 1. The first kappa shape index (κ1) is 12.8. The number of anilines is 2. The van der Waals surface area contributed by atoms with Gasteiger partial charge < -0.3 is 15.5 Å². The van der Waals surface area contributed by atoms with E-state index in [2.05, 4.69) is 15.3 Å². The third-order valence-corrected chi connectivity index (χ3v) is 2.47. The minimum absolute atomic E-state index is 0.146. The summed E-state index contributed by atoms with van der Waals surface area (Å²) in [6, 6.07) is 6.04. The van der Waals surface area contributed by atoms with E-state index in [1.54, 1.807) is 6.07 Å². The SMILES string of the molecule is Cc1cc(C)nc(Nc2ccc(C(=O)O)c(O)c2)n1. The molecule has 0 fully saturated rings. The molecule has 0 aliphatic rings. The van der Waals surface area contributed by atoms with Gasteiger partial charge >= 0.3 is 5.97 Å². The molecular formula is C13H13N3O3. The highest BCUT2D eigenvalue weighted by atomic mass is 16.4. The Morgan fingerprint density at radius 2 is 1.79 bits per heavy atom. The van der Waals surface area contributed by atoms with Gasteiger partial charge in [0.2, 0.25) is 5.95 Å².